The molecule has 0 aliphatic heterocycles. The largest absolute Gasteiger partial charge is 0.444 e. The normalized spacial score (nSPS) is 14.1. The highest BCUT2D eigenvalue weighted by atomic mass is 16.6. The van der Waals surface area contributed by atoms with Crippen LogP contribution in [-0.4, -0.2) is 24.5 Å². The van der Waals surface area contributed by atoms with Crippen LogP contribution in [0.3, 0.4) is 0 Å². The van der Waals surface area contributed by atoms with Gasteiger partial charge in [-0.15, -0.1) is 0 Å². The van der Waals surface area contributed by atoms with Gasteiger partial charge in [0.25, 0.3) is 0 Å². The molecule has 1 aromatic carbocycles. The minimum atomic E-state index is -0.591. The zero-order valence-corrected chi connectivity index (χ0v) is 13.3. The summed E-state index contributed by atoms with van der Waals surface area (Å²) in [5.74, 6) is 0. The van der Waals surface area contributed by atoms with Crippen LogP contribution in [0.15, 0.2) is 30.3 Å². The summed E-state index contributed by atoms with van der Waals surface area (Å²) in [6.45, 7) is 7.54. The van der Waals surface area contributed by atoms with E-state index in [-0.39, 0.29) is 6.54 Å². The van der Waals surface area contributed by atoms with Crippen molar-refractivity contribution in [3.63, 3.8) is 0 Å². The number of amides is 1. The molecule has 0 spiro atoms. The summed E-state index contributed by atoms with van der Waals surface area (Å²) >= 11 is 0. The molecule has 1 atom stereocenters. The SMILES string of the molecule is CC(C=O)(CCc1ccccc1)CNC(=O)OC(C)(C)C. The monoisotopic (exact) mass is 291 g/mol. The first-order chi connectivity index (χ1) is 9.74. The van der Waals surface area contributed by atoms with Crippen molar-refractivity contribution >= 4 is 12.4 Å². The lowest BCUT2D eigenvalue weighted by Gasteiger charge is -2.25. The van der Waals surface area contributed by atoms with E-state index in [0.29, 0.717) is 6.42 Å². The molecule has 0 saturated carbocycles. The highest BCUT2D eigenvalue weighted by molar-refractivity contribution is 5.69. The maximum Gasteiger partial charge on any atom is 0.407 e. The molecule has 0 aliphatic rings. The number of nitrogens with one attached hydrogen (secondary N) is 1. The fraction of sp³-hybridized carbons (Fsp3) is 0.529. The van der Waals surface area contributed by atoms with Crippen molar-refractivity contribution in [3.8, 4) is 0 Å². The Hall–Kier alpha value is -1.84. The molecule has 0 saturated heterocycles. The molecule has 116 valence electrons. The van der Waals surface area contributed by atoms with Gasteiger partial charge in [0.05, 0.1) is 0 Å². The van der Waals surface area contributed by atoms with Gasteiger partial charge in [-0.2, -0.15) is 0 Å². The standard InChI is InChI=1S/C17H25NO3/c1-16(2,3)21-15(20)18-12-17(4,13-19)11-10-14-8-6-5-7-9-14/h5-9,13H,10-12H2,1-4H3,(H,18,20). The maximum absolute atomic E-state index is 11.6. The zero-order chi connectivity index (χ0) is 15.9. The van der Waals surface area contributed by atoms with E-state index in [1.54, 1.807) is 20.8 Å². The number of carbonyl (C=O) groups is 2. The van der Waals surface area contributed by atoms with E-state index in [1.807, 2.05) is 37.3 Å². The van der Waals surface area contributed by atoms with Gasteiger partial charge >= 0.3 is 6.09 Å². The number of ether oxygens (including phenoxy) is 1. The van der Waals surface area contributed by atoms with Crippen LogP contribution in [0.4, 0.5) is 4.79 Å². The second-order valence-electron chi connectivity index (χ2n) is 6.61. The molecule has 0 bridgehead atoms. The van der Waals surface area contributed by atoms with Gasteiger partial charge in [-0.1, -0.05) is 37.3 Å². The summed E-state index contributed by atoms with van der Waals surface area (Å²) < 4.78 is 5.17. The van der Waals surface area contributed by atoms with Gasteiger partial charge in [-0.05, 0) is 39.2 Å². The van der Waals surface area contributed by atoms with Crippen LogP contribution in [0, 0.1) is 5.41 Å². The molecule has 1 unspecified atom stereocenters. The molecular weight excluding hydrogens is 266 g/mol. The van der Waals surface area contributed by atoms with Crippen molar-refractivity contribution < 1.29 is 14.3 Å². The molecule has 0 aliphatic carbocycles. The number of carbonyl (C=O) groups excluding carboxylic acids is 2. The topological polar surface area (TPSA) is 55.4 Å². The highest BCUT2D eigenvalue weighted by Gasteiger charge is 2.25. The van der Waals surface area contributed by atoms with Crippen LogP contribution in [0.1, 0.15) is 39.7 Å². The van der Waals surface area contributed by atoms with E-state index < -0.39 is 17.1 Å². The van der Waals surface area contributed by atoms with Crippen LogP contribution < -0.4 is 5.32 Å². The van der Waals surface area contributed by atoms with Crippen molar-refractivity contribution in [1.82, 2.24) is 5.32 Å². The average molecular weight is 291 g/mol. The Kier molecular flexibility index (Phi) is 5.94. The zero-order valence-electron chi connectivity index (χ0n) is 13.3. The van der Waals surface area contributed by atoms with Crippen molar-refractivity contribution in [2.75, 3.05) is 6.54 Å². The fourth-order valence-corrected chi connectivity index (χ4v) is 1.85. The van der Waals surface area contributed by atoms with Gasteiger partial charge in [0.2, 0.25) is 0 Å². The summed E-state index contributed by atoms with van der Waals surface area (Å²) in [6, 6.07) is 9.99. The summed E-state index contributed by atoms with van der Waals surface area (Å²) in [6.07, 6.45) is 1.89. The number of hydrogen-bond donors (Lipinski definition) is 1. The molecule has 4 heteroatoms. The Morgan fingerprint density at radius 1 is 1.19 bits per heavy atom. The summed E-state index contributed by atoms with van der Waals surface area (Å²) in [7, 11) is 0. The highest BCUT2D eigenvalue weighted by Crippen LogP contribution is 2.20. The molecule has 21 heavy (non-hydrogen) atoms. The predicted octanol–water partition coefficient (Wildman–Crippen LogP) is 3.35. The van der Waals surface area contributed by atoms with Crippen molar-refractivity contribution in [2.45, 2.75) is 46.1 Å². The van der Waals surface area contributed by atoms with Crippen LogP contribution in [0.2, 0.25) is 0 Å². The van der Waals surface area contributed by atoms with E-state index in [9.17, 15) is 9.59 Å². The molecule has 0 aromatic heterocycles. The Morgan fingerprint density at radius 3 is 2.33 bits per heavy atom. The number of benzene rings is 1. The molecule has 4 nitrogen and oxygen atoms in total. The van der Waals surface area contributed by atoms with E-state index in [4.69, 9.17) is 4.74 Å². The minimum absolute atomic E-state index is 0.276. The van der Waals surface area contributed by atoms with Gasteiger partial charge in [0.15, 0.2) is 0 Å². The molecule has 0 heterocycles. The van der Waals surface area contributed by atoms with Crippen LogP contribution in [0.5, 0.6) is 0 Å². The molecular formula is C17H25NO3. The predicted molar refractivity (Wildman–Crippen MR) is 83.2 cm³/mol. The summed E-state index contributed by atoms with van der Waals surface area (Å²) in [5, 5.41) is 2.67. The lowest BCUT2D eigenvalue weighted by atomic mass is 9.85. The molecule has 1 aromatic rings. The second kappa shape index (κ2) is 7.25. The third kappa shape index (κ3) is 6.93. The van der Waals surface area contributed by atoms with E-state index in [2.05, 4.69) is 5.32 Å². The maximum atomic E-state index is 11.6. The van der Waals surface area contributed by atoms with E-state index in [1.165, 1.54) is 5.56 Å². The number of hydrogen-bond acceptors (Lipinski definition) is 3. The number of alkyl carbamates (subject to hydrolysis) is 1. The molecule has 0 radical (unpaired) electrons. The quantitative estimate of drug-likeness (QED) is 0.818. The Morgan fingerprint density at radius 2 is 1.81 bits per heavy atom. The Balaban J connectivity index is 2.48. The van der Waals surface area contributed by atoms with Crippen molar-refractivity contribution in [2.24, 2.45) is 5.41 Å². The van der Waals surface area contributed by atoms with Gasteiger partial charge in [0, 0.05) is 12.0 Å². The summed E-state index contributed by atoms with van der Waals surface area (Å²) in [5.41, 5.74) is 0.0566. The van der Waals surface area contributed by atoms with Gasteiger partial charge < -0.3 is 14.8 Å². The molecule has 0 fully saturated rings. The molecule has 1 rings (SSSR count). The third-order valence-electron chi connectivity index (χ3n) is 3.15. The number of aldehydes is 1. The first-order valence-corrected chi connectivity index (χ1v) is 7.21. The van der Waals surface area contributed by atoms with Crippen LogP contribution in [-0.2, 0) is 16.0 Å². The first-order valence-electron chi connectivity index (χ1n) is 7.21. The average Bonchev–Trinajstić information content (AvgIpc) is 2.42. The Bertz CT molecular complexity index is 465. The third-order valence-corrected chi connectivity index (χ3v) is 3.15. The van der Waals surface area contributed by atoms with Crippen molar-refractivity contribution in [1.29, 1.82) is 0 Å². The number of rotatable bonds is 6. The second-order valence-corrected chi connectivity index (χ2v) is 6.61. The Labute approximate surface area is 126 Å². The summed E-state index contributed by atoms with van der Waals surface area (Å²) in [4.78, 5) is 23.0. The van der Waals surface area contributed by atoms with E-state index in [0.717, 1.165) is 12.7 Å². The van der Waals surface area contributed by atoms with Gasteiger partial charge in [-0.3, -0.25) is 0 Å². The first kappa shape index (κ1) is 17.2. The lowest BCUT2D eigenvalue weighted by molar-refractivity contribution is -0.115. The van der Waals surface area contributed by atoms with Crippen LogP contribution in [0.25, 0.3) is 0 Å². The van der Waals surface area contributed by atoms with Crippen LogP contribution >= 0.6 is 0 Å². The smallest absolute Gasteiger partial charge is 0.407 e. The molecule has 1 amide bonds. The van der Waals surface area contributed by atoms with E-state index >= 15 is 0 Å². The van der Waals surface area contributed by atoms with Crippen molar-refractivity contribution in [3.05, 3.63) is 35.9 Å². The molecule has 1 N–H and O–H groups in total. The lowest BCUT2D eigenvalue weighted by Crippen LogP contribution is -2.40. The van der Waals surface area contributed by atoms with Gasteiger partial charge in [-0.25, -0.2) is 4.79 Å². The fourth-order valence-electron chi connectivity index (χ4n) is 1.85. The minimum Gasteiger partial charge on any atom is -0.444 e. The van der Waals surface area contributed by atoms with Gasteiger partial charge in [0.1, 0.15) is 11.9 Å². The number of aryl methyl sites for hydroxylation is 1.